The van der Waals surface area contributed by atoms with E-state index in [4.69, 9.17) is 9.72 Å². The maximum atomic E-state index is 13.6. The Balaban J connectivity index is 1.52. The van der Waals surface area contributed by atoms with Crippen LogP contribution in [0.2, 0.25) is 0 Å². The molecule has 0 bridgehead atoms. The first kappa shape index (κ1) is 23.3. The average Bonchev–Trinajstić information content (AvgIpc) is 3.28. The Morgan fingerprint density at radius 1 is 1.06 bits per heavy atom. The van der Waals surface area contributed by atoms with E-state index in [-0.39, 0.29) is 17.1 Å². The molecular formula is C27H23N3O3S2. The van der Waals surface area contributed by atoms with Crippen LogP contribution in [0.3, 0.4) is 0 Å². The van der Waals surface area contributed by atoms with E-state index in [9.17, 15) is 9.59 Å². The minimum Gasteiger partial charge on any atom is -0.494 e. The number of Topliss-reactive ketones (excluding diaryl/α,β-unsaturated/α-hetero) is 1. The first-order valence-corrected chi connectivity index (χ1v) is 13.1. The van der Waals surface area contributed by atoms with Gasteiger partial charge in [-0.15, -0.1) is 11.3 Å². The van der Waals surface area contributed by atoms with E-state index in [0.29, 0.717) is 34.1 Å². The van der Waals surface area contributed by atoms with Crippen LogP contribution >= 0.6 is 23.1 Å². The van der Waals surface area contributed by atoms with Crippen LogP contribution in [0.5, 0.6) is 5.75 Å². The van der Waals surface area contributed by atoms with E-state index in [1.165, 1.54) is 23.1 Å². The number of thioether (sulfide) groups is 1. The molecule has 0 saturated carbocycles. The summed E-state index contributed by atoms with van der Waals surface area (Å²) in [5.41, 5.74) is 2.10. The number of nitrogens with zero attached hydrogens (tertiary/aromatic N) is 3. The molecule has 35 heavy (non-hydrogen) atoms. The summed E-state index contributed by atoms with van der Waals surface area (Å²) >= 11 is 2.64. The highest BCUT2D eigenvalue weighted by molar-refractivity contribution is 7.99. The molecule has 3 heterocycles. The predicted molar refractivity (Wildman–Crippen MR) is 142 cm³/mol. The van der Waals surface area contributed by atoms with Gasteiger partial charge in [-0.25, -0.2) is 9.97 Å². The standard InChI is InChI=1S/C27H23N3O3S2/c1-2-15-33-20-12-10-18(11-13-20)16-30-26(32)24-23(21-9-6-14-28-25(21)35-24)29-27(30)34-17-22(31)19-7-4-3-5-8-19/h3-14H,2,15-17H2,1H3. The number of carbonyl (C=O) groups is 1. The number of hydrogen-bond acceptors (Lipinski definition) is 7. The summed E-state index contributed by atoms with van der Waals surface area (Å²) in [4.78, 5) is 36.4. The monoisotopic (exact) mass is 501 g/mol. The first-order chi connectivity index (χ1) is 17.1. The molecular weight excluding hydrogens is 478 g/mol. The Bertz CT molecular complexity index is 1540. The van der Waals surface area contributed by atoms with Crippen LogP contribution in [0.1, 0.15) is 29.3 Å². The number of hydrogen-bond donors (Lipinski definition) is 0. The lowest BCUT2D eigenvalue weighted by Crippen LogP contribution is -2.23. The van der Waals surface area contributed by atoms with Crippen LogP contribution in [0.15, 0.2) is 82.9 Å². The lowest BCUT2D eigenvalue weighted by atomic mass is 10.2. The molecule has 0 unspecified atom stereocenters. The second kappa shape index (κ2) is 10.4. The van der Waals surface area contributed by atoms with Crippen LogP contribution in [0, 0.1) is 0 Å². The van der Waals surface area contributed by atoms with Crippen molar-refractivity contribution in [2.75, 3.05) is 12.4 Å². The number of ether oxygens (including phenoxy) is 1. The van der Waals surface area contributed by atoms with Crippen molar-refractivity contribution in [2.24, 2.45) is 0 Å². The fourth-order valence-corrected chi connectivity index (χ4v) is 5.64. The molecule has 176 valence electrons. The summed E-state index contributed by atoms with van der Waals surface area (Å²) in [5, 5.41) is 1.37. The van der Waals surface area contributed by atoms with E-state index >= 15 is 0 Å². The van der Waals surface area contributed by atoms with Gasteiger partial charge in [0.15, 0.2) is 10.9 Å². The molecule has 0 N–H and O–H groups in total. The topological polar surface area (TPSA) is 74.1 Å². The quantitative estimate of drug-likeness (QED) is 0.144. The van der Waals surface area contributed by atoms with E-state index in [1.807, 2.05) is 54.6 Å². The van der Waals surface area contributed by atoms with Crippen LogP contribution < -0.4 is 10.3 Å². The van der Waals surface area contributed by atoms with Crippen LogP contribution in [-0.4, -0.2) is 32.7 Å². The number of benzene rings is 2. The van der Waals surface area contributed by atoms with Crippen molar-refractivity contribution < 1.29 is 9.53 Å². The number of fused-ring (bicyclic) bond motifs is 3. The first-order valence-electron chi connectivity index (χ1n) is 11.3. The van der Waals surface area contributed by atoms with E-state index in [1.54, 1.807) is 22.9 Å². The van der Waals surface area contributed by atoms with Crippen LogP contribution in [0.4, 0.5) is 0 Å². The van der Waals surface area contributed by atoms with Crippen molar-refractivity contribution in [3.05, 3.63) is 94.4 Å². The van der Waals surface area contributed by atoms with Crippen molar-refractivity contribution in [1.82, 2.24) is 14.5 Å². The van der Waals surface area contributed by atoms with Gasteiger partial charge in [-0.05, 0) is 36.2 Å². The van der Waals surface area contributed by atoms with Gasteiger partial charge in [-0.3, -0.25) is 14.2 Å². The average molecular weight is 502 g/mol. The van der Waals surface area contributed by atoms with Gasteiger partial charge in [-0.1, -0.05) is 61.2 Å². The van der Waals surface area contributed by atoms with Gasteiger partial charge in [0.1, 0.15) is 15.3 Å². The van der Waals surface area contributed by atoms with E-state index < -0.39 is 0 Å². The van der Waals surface area contributed by atoms with Crippen molar-refractivity contribution in [1.29, 1.82) is 0 Å². The predicted octanol–water partition coefficient (Wildman–Crippen LogP) is 5.82. The normalized spacial score (nSPS) is 11.2. The Morgan fingerprint density at radius 2 is 1.86 bits per heavy atom. The molecule has 0 radical (unpaired) electrons. The Morgan fingerprint density at radius 3 is 2.63 bits per heavy atom. The molecule has 3 aromatic heterocycles. The van der Waals surface area contributed by atoms with Crippen LogP contribution in [-0.2, 0) is 6.54 Å². The summed E-state index contributed by atoms with van der Waals surface area (Å²) in [7, 11) is 0. The minimum atomic E-state index is -0.126. The molecule has 0 aliphatic heterocycles. The highest BCUT2D eigenvalue weighted by Gasteiger charge is 2.18. The number of rotatable bonds is 9. The highest BCUT2D eigenvalue weighted by atomic mass is 32.2. The molecule has 8 heteroatoms. The van der Waals surface area contributed by atoms with Crippen molar-refractivity contribution in [3.63, 3.8) is 0 Å². The maximum absolute atomic E-state index is 13.6. The molecule has 0 fully saturated rings. The number of aromatic nitrogens is 3. The van der Waals surface area contributed by atoms with Gasteiger partial charge < -0.3 is 4.74 Å². The minimum absolute atomic E-state index is 0.00855. The van der Waals surface area contributed by atoms with Crippen molar-refractivity contribution >= 4 is 49.3 Å². The largest absolute Gasteiger partial charge is 0.494 e. The second-order valence-electron chi connectivity index (χ2n) is 7.99. The molecule has 0 atom stereocenters. The molecule has 0 saturated heterocycles. The van der Waals surface area contributed by atoms with Crippen LogP contribution in [0.25, 0.3) is 20.4 Å². The molecule has 6 nitrogen and oxygen atoms in total. The highest BCUT2D eigenvalue weighted by Crippen LogP contribution is 2.31. The third-order valence-electron chi connectivity index (χ3n) is 5.48. The number of carbonyl (C=O) groups excluding carboxylic acids is 1. The molecule has 0 spiro atoms. The Kier molecular flexibility index (Phi) is 6.92. The summed E-state index contributed by atoms with van der Waals surface area (Å²) in [5.74, 6) is 0.979. The molecule has 0 aliphatic rings. The number of thiophene rings is 1. The maximum Gasteiger partial charge on any atom is 0.272 e. The van der Waals surface area contributed by atoms with Gasteiger partial charge in [0.05, 0.1) is 24.4 Å². The number of pyridine rings is 1. The zero-order chi connectivity index (χ0) is 24.2. The smallest absolute Gasteiger partial charge is 0.272 e. The molecule has 5 aromatic rings. The third kappa shape index (κ3) is 4.99. The lowest BCUT2D eigenvalue weighted by Gasteiger charge is -2.13. The molecule has 2 aromatic carbocycles. The van der Waals surface area contributed by atoms with E-state index in [0.717, 1.165) is 28.0 Å². The molecule has 5 rings (SSSR count). The SMILES string of the molecule is CCCOc1ccc(Cn2c(SCC(=O)c3ccccc3)nc3c(sc4ncccc43)c2=O)cc1. The van der Waals surface area contributed by atoms with Gasteiger partial charge in [0, 0.05) is 17.1 Å². The zero-order valence-corrected chi connectivity index (χ0v) is 20.8. The number of ketones is 1. The summed E-state index contributed by atoms with van der Waals surface area (Å²) in [6, 6.07) is 20.7. The third-order valence-corrected chi connectivity index (χ3v) is 7.55. The molecule has 0 aliphatic carbocycles. The second-order valence-corrected chi connectivity index (χ2v) is 9.93. The Labute approximate surface area is 210 Å². The van der Waals surface area contributed by atoms with Gasteiger partial charge in [-0.2, -0.15) is 0 Å². The van der Waals surface area contributed by atoms with Gasteiger partial charge in [0.2, 0.25) is 0 Å². The molecule has 0 amide bonds. The Hall–Kier alpha value is -3.49. The lowest BCUT2D eigenvalue weighted by molar-refractivity contribution is 0.102. The fraction of sp³-hybridized carbons (Fsp3) is 0.185. The summed E-state index contributed by atoms with van der Waals surface area (Å²) < 4.78 is 7.90. The van der Waals surface area contributed by atoms with E-state index in [2.05, 4.69) is 11.9 Å². The van der Waals surface area contributed by atoms with Gasteiger partial charge >= 0.3 is 0 Å². The fourth-order valence-electron chi connectivity index (χ4n) is 3.72. The summed E-state index contributed by atoms with van der Waals surface area (Å²) in [6.45, 7) is 3.07. The summed E-state index contributed by atoms with van der Waals surface area (Å²) in [6.07, 6.45) is 2.65. The zero-order valence-electron chi connectivity index (χ0n) is 19.1. The van der Waals surface area contributed by atoms with Crippen molar-refractivity contribution in [2.45, 2.75) is 25.0 Å². The van der Waals surface area contributed by atoms with Crippen molar-refractivity contribution in [3.8, 4) is 5.75 Å². The van der Waals surface area contributed by atoms with Gasteiger partial charge in [0.25, 0.3) is 5.56 Å².